The molecule has 9 heteroatoms. The van der Waals surface area contributed by atoms with E-state index < -0.39 is 18.0 Å². The average Bonchev–Trinajstić information content (AvgIpc) is 2.78. The van der Waals surface area contributed by atoms with Crippen LogP contribution in [0.5, 0.6) is 0 Å². The van der Waals surface area contributed by atoms with Gasteiger partial charge in [-0.2, -0.15) is 0 Å². The summed E-state index contributed by atoms with van der Waals surface area (Å²) in [5.41, 5.74) is 1.90. The maximum Gasteiger partial charge on any atom is 0.338 e. The maximum absolute atomic E-state index is 14.0. The summed E-state index contributed by atoms with van der Waals surface area (Å²) in [6.07, 6.45) is 1.41. The van der Waals surface area contributed by atoms with Crippen LogP contribution in [0.4, 0.5) is 20.7 Å². The molecule has 1 saturated heterocycles. The predicted octanol–water partition coefficient (Wildman–Crippen LogP) is 3.03. The normalized spacial score (nSPS) is 15.3. The third-order valence-corrected chi connectivity index (χ3v) is 5.39. The molecule has 1 aromatic heterocycles. The van der Waals surface area contributed by atoms with Crippen LogP contribution < -0.4 is 15.5 Å². The summed E-state index contributed by atoms with van der Waals surface area (Å²) in [5, 5.41) is 5.43. The van der Waals surface area contributed by atoms with Crippen molar-refractivity contribution in [2.45, 2.75) is 19.9 Å². The Morgan fingerprint density at radius 3 is 2.61 bits per heavy atom. The van der Waals surface area contributed by atoms with Gasteiger partial charge in [0.2, 0.25) is 0 Å². The lowest BCUT2D eigenvalue weighted by molar-refractivity contribution is 0.0600. The van der Waals surface area contributed by atoms with Gasteiger partial charge in [0, 0.05) is 43.6 Å². The van der Waals surface area contributed by atoms with E-state index in [1.54, 1.807) is 13.0 Å². The summed E-state index contributed by atoms with van der Waals surface area (Å²) in [5.74, 6) is -0.665. The van der Waals surface area contributed by atoms with Crippen molar-refractivity contribution in [1.29, 1.82) is 0 Å². The molecule has 1 aromatic carbocycles. The van der Waals surface area contributed by atoms with Gasteiger partial charge in [-0.3, -0.25) is 5.32 Å². The zero-order valence-corrected chi connectivity index (χ0v) is 18.0. The van der Waals surface area contributed by atoms with Gasteiger partial charge in [0.05, 0.1) is 18.7 Å². The minimum Gasteiger partial charge on any atom is -0.465 e. The lowest BCUT2D eigenvalue weighted by atomic mass is 10.0. The van der Waals surface area contributed by atoms with Crippen molar-refractivity contribution in [1.82, 2.24) is 15.2 Å². The summed E-state index contributed by atoms with van der Waals surface area (Å²) in [4.78, 5) is 32.8. The quantitative estimate of drug-likeness (QED) is 0.687. The fourth-order valence-electron chi connectivity index (χ4n) is 3.64. The zero-order valence-electron chi connectivity index (χ0n) is 18.0. The first-order valence-corrected chi connectivity index (χ1v) is 10.3. The average molecular weight is 429 g/mol. The molecule has 0 unspecified atom stereocenters. The van der Waals surface area contributed by atoms with Gasteiger partial charge < -0.3 is 19.9 Å². The van der Waals surface area contributed by atoms with E-state index in [9.17, 15) is 14.0 Å². The van der Waals surface area contributed by atoms with E-state index in [0.717, 1.165) is 38.4 Å². The third kappa shape index (κ3) is 5.69. The second-order valence-electron chi connectivity index (χ2n) is 7.37. The first-order chi connectivity index (χ1) is 14.9. The Balaban J connectivity index is 1.70. The van der Waals surface area contributed by atoms with Crippen LogP contribution in [-0.2, 0) is 4.74 Å². The molecule has 2 N–H and O–H groups in total. The van der Waals surface area contributed by atoms with Crippen LogP contribution in [0.25, 0.3) is 0 Å². The molecule has 0 spiro atoms. The van der Waals surface area contributed by atoms with E-state index in [4.69, 9.17) is 0 Å². The number of nitrogens with zero attached hydrogens (tertiary/aromatic N) is 3. The Labute approximate surface area is 181 Å². The SMILES string of the molecule is CCN1CCN(c2ccc(F)cc2[C@H](C)NC(=O)Nc2cc(C(=O)OC)ccn2)CC1. The van der Waals surface area contributed by atoms with Gasteiger partial charge in [-0.05, 0) is 43.8 Å². The molecule has 166 valence electrons. The molecule has 1 atom stereocenters. The van der Waals surface area contributed by atoms with Crippen LogP contribution in [0.1, 0.15) is 35.8 Å². The molecule has 31 heavy (non-hydrogen) atoms. The maximum atomic E-state index is 14.0. The highest BCUT2D eigenvalue weighted by Gasteiger charge is 2.22. The van der Waals surface area contributed by atoms with E-state index in [2.05, 4.69) is 37.1 Å². The number of anilines is 2. The fourth-order valence-corrected chi connectivity index (χ4v) is 3.64. The summed E-state index contributed by atoms with van der Waals surface area (Å²) >= 11 is 0. The Kier molecular flexibility index (Phi) is 7.41. The summed E-state index contributed by atoms with van der Waals surface area (Å²) in [6.45, 7) is 8.52. The standard InChI is InChI=1S/C22H28FN5O3/c1-4-27-9-11-28(12-10-27)19-6-5-17(23)14-18(19)15(2)25-22(30)26-20-13-16(7-8-24-20)21(29)31-3/h5-8,13-15H,4,9-12H2,1-3H3,(H2,24,25,26,30)/t15-/m0/s1. The van der Waals surface area contributed by atoms with Crippen molar-refractivity contribution in [2.24, 2.45) is 0 Å². The number of hydrogen-bond donors (Lipinski definition) is 2. The molecule has 0 saturated carbocycles. The lowest BCUT2D eigenvalue weighted by Crippen LogP contribution is -2.46. The molecular formula is C22H28FN5O3. The molecule has 0 aliphatic carbocycles. The first kappa shape index (κ1) is 22.5. The van der Waals surface area contributed by atoms with Crippen LogP contribution in [-0.4, -0.2) is 61.7 Å². The number of carbonyl (C=O) groups excluding carboxylic acids is 2. The van der Waals surface area contributed by atoms with Gasteiger partial charge in [-0.25, -0.2) is 19.0 Å². The molecule has 0 radical (unpaired) electrons. The molecule has 2 aromatic rings. The molecule has 2 amide bonds. The van der Waals surface area contributed by atoms with Crippen LogP contribution in [0.3, 0.4) is 0 Å². The Morgan fingerprint density at radius 1 is 1.19 bits per heavy atom. The number of likely N-dealkylation sites (N-methyl/N-ethyl adjacent to an activating group) is 1. The van der Waals surface area contributed by atoms with Gasteiger partial charge in [-0.1, -0.05) is 6.92 Å². The number of ether oxygens (including phenoxy) is 1. The van der Waals surface area contributed by atoms with Crippen molar-refractivity contribution < 1.29 is 18.7 Å². The number of urea groups is 1. The Hall–Kier alpha value is -3.20. The topological polar surface area (TPSA) is 86.8 Å². The van der Waals surface area contributed by atoms with Crippen LogP contribution >= 0.6 is 0 Å². The van der Waals surface area contributed by atoms with Crippen molar-refractivity contribution in [3.05, 3.63) is 53.5 Å². The molecule has 1 aliphatic rings. The molecule has 2 heterocycles. The highest BCUT2D eigenvalue weighted by molar-refractivity contribution is 5.93. The number of aromatic nitrogens is 1. The predicted molar refractivity (Wildman–Crippen MR) is 117 cm³/mol. The van der Waals surface area contributed by atoms with E-state index in [0.29, 0.717) is 5.56 Å². The number of benzene rings is 1. The van der Waals surface area contributed by atoms with Gasteiger partial charge in [0.1, 0.15) is 11.6 Å². The van der Waals surface area contributed by atoms with E-state index in [1.807, 2.05) is 0 Å². The summed E-state index contributed by atoms with van der Waals surface area (Å²) in [6, 6.07) is 6.64. The number of nitrogens with one attached hydrogen (secondary N) is 2. The van der Waals surface area contributed by atoms with Crippen molar-refractivity contribution in [2.75, 3.05) is 50.1 Å². The highest BCUT2D eigenvalue weighted by Crippen LogP contribution is 2.28. The van der Waals surface area contributed by atoms with E-state index in [1.165, 1.54) is 37.6 Å². The number of pyridine rings is 1. The van der Waals surface area contributed by atoms with Gasteiger partial charge >= 0.3 is 12.0 Å². The van der Waals surface area contributed by atoms with Crippen LogP contribution in [0, 0.1) is 5.82 Å². The number of halogens is 1. The Bertz CT molecular complexity index is 931. The van der Waals surface area contributed by atoms with Crippen LogP contribution in [0.15, 0.2) is 36.5 Å². The second-order valence-corrected chi connectivity index (χ2v) is 7.37. The van der Waals surface area contributed by atoms with Gasteiger partial charge in [0.15, 0.2) is 0 Å². The minimum absolute atomic E-state index is 0.211. The van der Waals surface area contributed by atoms with Crippen LogP contribution in [0.2, 0.25) is 0 Å². The van der Waals surface area contributed by atoms with Crippen molar-refractivity contribution >= 4 is 23.5 Å². The number of hydrogen-bond acceptors (Lipinski definition) is 6. The molecule has 1 aliphatic heterocycles. The second kappa shape index (κ2) is 10.2. The third-order valence-electron chi connectivity index (χ3n) is 5.39. The summed E-state index contributed by atoms with van der Waals surface area (Å²) in [7, 11) is 1.28. The monoisotopic (exact) mass is 429 g/mol. The van der Waals surface area contributed by atoms with E-state index in [-0.39, 0.29) is 17.2 Å². The number of piperazine rings is 1. The Morgan fingerprint density at radius 2 is 1.94 bits per heavy atom. The highest BCUT2D eigenvalue weighted by atomic mass is 19.1. The summed E-state index contributed by atoms with van der Waals surface area (Å²) < 4.78 is 18.7. The van der Waals surface area contributed by atoms with E-state index >= 15 is 0 Å². The molecule has 8 nitrogen and oxygen atoms in total. The number of amides is 2. The van der Waals surface area contributed by atoms with Gasteiger partial charge in [-0.15, -0.1) is 0 Å². The molecule has 0 bridgehead atoms. The molecule has 1 fully saturated rings. The fraction of sp³-hybridized carbons (Fsp3) is 0.409. The number of carbonyl (C=O) groups is 2. The smallest absolute Gasteiger partial charge is 0.338 e. The lowest BCUT2D eigenvalue weighted by Gasteiger charge is -2.37. The van der Waals surface area contributed by atoms with Crippen molar-refractivity contribution in [3.8, 4) is 0 Å². The number of rotatable bonds is 6. The van der Waals surface area contributed by atoms with Gasteiger partial charge in [0.25, 0.3) is 0 Å². The first-order valence-electron chi connectivity index (χ1n) is 10.3. The van der Waals surface area contributed by atoms with Crippen molar-refractivity contribution in [3.63, 3.8) is 0 Å². The number of methoxy groups -OCH3 is 1. The number of esters is 1. The minimum atomic E-state index is -0.521. The zero-order chi connectivity index (χ0) is 22.4. The largest absolute Gasteiger partial charge is 0.465 e. The molecule has 3 rings (SSSR count). The molecular weight excluding hydrogens is 401 g/mol.